The van der Waals surface area contributed by atoms with Crippen molar-refractivity contribution < 1.29 is 22.4 Å². The minimum absolute atomic E-state index is 0.117. The molecule has 0 aromatic carbocycles. The third kappa shape index (κ3) is 4.95. The van der Waals surface area contributed by atoms with Gasteiger partial charge in [-0.15, -0.1) is 0 Å². The molecular weight excluding hydrogens is 477 g/mol. The minimum Gasteiger partial charge on any atom is -0.319 e. The normalized spacial score (nSPS) is 36.1. The van der Waals surface area contributed by atoms with Crippen LogP contribution in [-0.2, 0) is 14.8 Å². The number of halogens is 1. The van der Waals surface area contributed by atoms with E-state index in [1.165, 1.54) is 4.90 Å². The van der Waals surface area contributed by atoms with Crippen LogP contribution in [0, 0.1) is 11.8 Å². The average Bonchev–Trinajstić information content (AvgIpc) is 3.27. The maximum Gasteiger partial charge on any atom is 0.327 e. The van der Waals surface area contributed by atoms with Gasteiger partial charge < -0.3 is 10.2 Å². The summed E-state index contributed by atoms with van der Waals surface area (Å²) in [6.07, 6.45) is 1.96. The van der Waals surface area contributed by atoms with Crippen LogP contribution in [0.2, 0.25) is 0 Å². The van der Waals surface area contributed by atoms with E-state index in [1.54, 1.807) is 0 Å². The second-order valence-corrected chi connectivity index (χ2v) is 13.1. The average molecular weight is 516 g/mol. The van der Waals surface area contributed by atoms with Crippen LogP contribution in [0.15, 0.2) is 0 Å². The van der Waals surface area contributed by atoms with Crippen molar-refractivity contribution in [2.24, 2.45) is 11.8 Å². The number of hydrazine groups is 1. The number of hydrogen-bond acceptors (Lipinski definition) is 8. The fourth-order valence-corrected chi connectivity index (χ4v) is 8.05. The van der Waals surface area contributed by atoms with Gasteiger partial charge in [0.1, 0.15) is 6.67 Å². The highest BCUT2D eigenvalue weighted by Gasteiger charge is 2.53. The Balaban J connectivity index is 1.37. The number of rotatable bonds is 8. The first-order valence-corrected chi connectivity index (χ1v) is 14.2. The van der Waals surface area contributed by atoms with E-state index in [0.29, 0.717) is 45.3 Å². The second kappa shape index (κ2) is 9.49. The molecule has 2 saturated carbocycles. The first-order chi connectivity index (χ1) is 16.6. The first-order valence-electron chi connectivity index (χ1n) is 12.7. The predicted octanol–water partition coefficient (Wildman–Crippen LogP) is -0.863. The zero-order valence-corrected chi connectivity index (χ0v) is 21.4. The van der Waals surface area contributed by atoms with Gasteiger partial charge in [0.2, 0.25) is 15.9 Å². The van der Waals surface area contributed by atoms with Crippen molar-refractivity contribution in [1.29, 1.82) is 0 Å². The van der Waals surface area contributed by atoms with E-state index >= 15 is 0 Å². The zero-order chi connectivity index (χ0) is 25.0. The fraction of sp³-hybridized carbons (Fsp3) is 0.909. The Kier molecular flexibility index (Phi) is 6.85. The van der Waals surface area contributed by atoms with Crippen molar-refractivity contribution in [3.05, 3.63) is 0 Å². The van der Waals surface area contributed by atoms with Gasteiger partial charge in [0.25, 0.3) is 0 Å². The molecule has 11 nitrogen and oxygen atoms in total. The molecule has 13 heteroatoms. The first kappa shape index (κ1) is 25.3. The van der Waals surface area contributed by atoms with Crippen LogP contribution in [0.4, 0.5) is 9.18 Å². The van der Waals surface area contributed by atoms with Crippen LogP contribution in [0.25, 0.3) is 0 Å². The van der Waals surface area contributed by atoms with Crippen LogP contribution < -0.4 is 15.5 Å². The largest absolute Gasteiger partial charge is 0.327 e. The molecule has 0 spiro atoms. The maximum absolute atomic E-state index is 13.7. The van der Waals surface area contributed by atoms with E-state index in [-0.39, 0.29) is 36.4 Å². The highest BCUT2D eigenvalue weighted by molar-refractivity contribution is 7.90. The number of carbonyl (C=O) groups is 2. The Hall–Kier alpha value is -1.38. The summed E-state index contributed by atoms with van der Waals surface area (Å²) in [7, 11) is 0.164. The molecule has 5 rings (SSSR count). The number of nitrogens with one attached hydrogen (secondary N) is 3. The van der Waals surface area contributed by atoms with Gasteiger partial charge in [-0.2, -0.15) is 0 Å². The lowest BCUT2D eigenvalue weighted by atomic mass is 9.80. The smallest absolute Gasteiger partial charge is 0.319 e. The van der Waals surface area contributed by atoms with Crippen LogP contribution in [0.3, 0.4) is 0 Å². The Labute approximate surface area is 206 Å². The lowest BCUT2D eigenvalue weighted by Gasteiger charge is -2.49. The molecule has 3 amide bonds. The van der Waals surface area contributed by atoms with Gasteiger partial charge >= 0.3 is 6.03 Å². The Morgan fingerprint density at radius 3 is 2.51 bits per heavy atom. The molecule has 3 N–H and O–H groups in total. The van der Waals surface area contributed by atoms with E-state index < -0.39 is 33.4 Å². The zero-order valence-electron chi connectivity index (χ0n) is 20.6. The van der Waals surface area contributed by atoms with Crippen molar-refractivity contribution in [1.82, 2.24) is 35.2 Å². The molecule has 5 atom stereocenters. The standard InChI is InChI=1S/C22H38FN7O4S/c1-27-14-24-9-16(27)12-29-19-4-3-17(35(33,34)26-22(13-23)5-6-22)7-18(19)20(31)30(21(29)32)11-15-8-25-28(2)10-15/h15-19,24-26H,3-14H2,1-2H3. The number of likely N-dealkylation sites (N-methyl/N-ethyl adjacent to an activating group) is 1. The number of alkyl halides is 1. The lowest BCUT2D eigenvalue weighted by molar-refractivity contribution is -0.141. The Bertz CT molecular complexity index is 948. The van der Waals surface area contributed by atoms with E-state index in [0.717, 1.165) is 19.8 Å². The van der Waals surface area contributed by atoms with Crippen molar-refractivity contribution >= 4 is 22.0 Å². The van der Waals surface area contributed by atoms with Crippen molar-refractivity contribution in [2.45, 2.75) is 55.0 Å². The Morgan fingerprint density at radius 2 is 1.91 bits per heavy atom. The van der Waals surface area contributed by atoms with Gasteiger partial charge in [0.15, 0.2) is 0 Å². The number of amides is 3. The van der Waals surface area contributed by atoms with Crippen LogP contribution >= 0.6 is 0 Å². The lowest BCUT2D eigenvalue weighted by Crippen LogP contribution is -2.66. The van der Waals surface area contributed by atoms with Crippen LogP contribution in [0.5, 0.6) is 0 Å². The third-order valence-corrected chi connectivity index (χ3v) is 10.6. The molecule has 3 aliphatic heterocycles. The molecule has 3 heterocycles. The molecule has 5 fully saturated rings. The Morgan fingerprint density at radius 1 is 1.14 bits per heavy atom. The molecule has 2 aliphatic carbocycles. The number of fused-ring (bicyclic) bond motifs is 1. The number of carbonyl (C=O) groups excluding carboxylic acids is 2. The van der Waals surface area contributed by atoms with E-state index in [2.05, 4.69) is 20.4 Å². The number of hydrogen-bond donors (Lipinski definition) is 3. The van der Waals surface area contributed by atoms with Crippen molar-refractivity contribution in [3.8, 4) is 0 Å². The SMILES string of the molecule is CN1CC(CN2C(=O)C3CC(S(=O)(=O)NC4(CF)CC4)CCC3N(CC3CNCN3C)C2=O)CN1. The van der Waals surface area contributed by atoms with Gasteiger partial charge in [-0.1, -0.05) is 0 Å². The molecule has 5 aliphatic rings. The summed E-state index contributed by atoms with van der Waals surface area (Å²) in [5.41, 5.74) is 2.26. The fourth-order valence-electron chi connectivity index (χ4n) is 6.11. The monoisotopic (exact) mass is 515 g/mol. The van der Waals surface area contributed by atoms with E-state index in [9.17, 15) is 22.4 Å². The molecule has 35 heavy (non-hydrogen) atoms. The van der Waals surface area contributed by atoms with Gasteiger partial charge in [0.05, 0.1) is 16.7 Å². The summed E-state index contributed by atoms with van der Waals surface area (Å²) in [6, 6.07) is -0.441. The second-order valence-electron chi connectivity index (χ2n) is 11.2. The number of sulfonamides is 1. The minimum atomic E-state index is -3.77. The number of nitrogens with zero attached hydrogens (tertiary/aromatic N) is 4. The van der Waals surface area contributed by atoms with Crippen LogP contribution in [-0.4, -0.2) is 123 Å². The molecule has 5 unspecified atom stereocenters. The number of imide groups is 1. The van der Waals surface area contributed by atoms with Crippen molar-refractivity contribution in [3.63, 3.8) is 0 Å². The topological polar surface area (TPSA) is 117 Å². The van der Waals surface area contributed by atoms with Gasteiger partial charge in [-0.25, -0.2) is 27.3 Å². The number of urea groups is 1. The maximum atomic E-state index is 13.7. The van der Waals surface area contributed by atoms with E-state index in [1.807, 2.05) is 24.0 Å². The summed E-state index contributed by atoms with van der Waals surface area (Å²) < 4.78 is 42.3. The molecule has 0 aromatic heterocycles. The predicted molar refractivity (Wildman–Crippen MR) is 127 cm³/mol. The molecule has 198 valence electrons. The summed E-state index contributed by atoms with van der Waals surface area (Å²) >= 11 is 0. The van der Waals surface area contributed by atoms with Gasteiger partial charge in [-0.05, 0) is 39.2 Å². The third-order valence-electron chi connectivity index (χ3n) is 8.53. The molecule has 0 aromatic rings. The summed E-state index contributed by atoms with van der Waals surface area (Å²) in [5, 5.41) is 4.51. The van der Waals surface area contributed by atoms with Gasteiger partial charge in [-0.3, -0.25) is 20.0 Å². The highest BCUT2D eigenvalue weighted by atomic mass is 32.2. The summed E-state index contributed by atoms with van der Waals surface area (Å²) in [4.78, 5) is 32.7. The summed E-state index contributed by atoms with van der Waals surface area (Å²) in [6.45, 7) is 3.01. The van der Waals surface area contributed by atoms with E-state index in [4.69, 9.17) is 0 Å². The molecule has 0 radical (unpaired) electrons. The molecular formula is C22H38FN7O4S. The molecule has 3 saturated heterocycles. The summed E-state index contributed by atoms with van der Waals surface area (Å²) in [5.74, 6) is -0.725. The molecule has 0 bridgehead atoms. The van der Waals surface area contributed by atoms with Crippen LogP contribution in [0.1, 0.15) is 32.1 Å². The quantitative estimate of drug-likeness (QED) is 0.382. The van der Waals surface area contributed by atoms with Gasteiger partial charge in [0, 0.05) is 64.4 Å². The van der Waals surface area contributed by atoms with Crippen molar-refractivity contribution in [2.75, 3.05) is 60.2 Å². The highest BCUT2D eigenvalue weighted by Crippen LogP contribution is 2.41.